The Bertz CT molecular complexity index is 1400. The molecule has 3 atom stereocenters. The average molecular weight is 592 g/mol. The monoisotopic (exact) mass is 590 g/mol. The average Bonchev–Trinajstić information content (AvgIpc) is 3.43. The first kappa shape index (κ1) is 27.9. The standard InChI is InChI=1S/C27H31ClN6O3S.ClH/c1-34-9-8-20-23(13-34)38-27(33-20)26(37)32-21-11-14(24(35)29-17-4-5-17)2-6-19(21)31-25(36)22-12-15-10-16(28)3-7-18(15)30-22;/h3,7,10,12,14,17,19,21,30H,2,4-6,8-9,11,13H2,1H3,(H,29,35)(H,31,36)(H,32,37);1H/t14-,19-,21+;/m0./s1. The second-order valence-corrected chi connectivity index (χ2v) is 12.3. The van der Waals surface area contributed by atoms with E-state index in [4.69, 9.17) is 11.6 Å². The molecule has 1 aliphatic heterocycles. The lowest BCUT2D eigenvalue weighted by Gasteiger charge is -2.36. The Balaban J connectivity index is 0.00000308. The van der Waals surface area contributed by atoms with Gasteiger partial charge >= 0.3 is 0 Å². The van der Waals surface area contributed by atoms with Crippen LogP contribution in [0.15, 0.2) is 24.3 Å². The quantitative estimate of drug-likeness (QED) is 0.349. The molecule has 6 rings (SSSR count). The third-order valence-corrected chi connectivity index (χ3v) is 9.04. The van der Waals surface area contributed by atoms with Crippen LogP contribution in [-0.2, 0) is 17.8 Å². The summed E-state index contributed by atoms with van der Waals surface area (Å²) in [4.78, 5) is 50.5. The summed E-state index contributed by atoms with van der Waals surface area (Å²) in [5.74, 6) is -0.672. The van der Waals surface area contributed by atoms with Crippen molar-refractivity contribution in [2.75, 3.05) is 13.6 Å². The maximum Gasteiger partial charge on any atom is 0.280 e. The normalized spacial score (nSPS) is 23.0. The first-order valence-electron chi connectivity index (χ1n) is 13.2. The van der Waals surface area contributed by atoms with E-state index in [0.717, 1.165) is 53.8 Å². The molecule has 2 saturated carbocycles. The molecule has 2 aliphatic carbocycles. The van der Waals surface area contributed by atoms with Gasteiger partial charge in [-0.15, -0.1) is 23.7 Å². The predicted octanol–water partition coefficient (Wildman–Crippen LogP) is 3.66. The molecule has 9 nitrogen and oxygen atoms in total. The smallest absolute Gasteiger partial charge is 0.280 e. The fourth-order valence-corrected chi connectivity index (χ4v) is 6.68. The summed E-state index contributed by atoms with van der Waals surface area (Å²) >= 11 is 7.53. The molecule has 0 spiro atoms. The van der Waals surface area contributed by atoms with Gasteiger partial charge in [-0.25, -0.2) is 4.98 Å². The van der Waals surface area contributed by atoms with Crippen molar-refractivity contribution in [1.82, 2.24) is 30.8 Å². The number of hydrogen-bond acceptors (Lipinski definition) is 6. The molecular formula is C27H32Cl2N6O3S. The lowest BCUT2D eigenvalue weighted by molar-refractivity contribution is -0.126. The van der Waals surface area contributed by atoms with Gasteiger partial charge in [0.25, 0.3) is 11.8 Å². The van der Waals surface area contributed by atoms with Crippen molar-refractivity contribution in [1.29, 1.82) is 0 Å². The number of nitrogens with one attached hydrogen (secondary N) is 4. The van der Waals surface area contributed by atoms with Crippen molar-refractivity contribution in [2.24, 2.45) is 5.92 Å². The summed E-state index contributed by atoms with van der Waals surface area (Å²) in [7, 11) is 2.06. The van der Waals surface area contributed by atoms with Crippen molar-refractivity contribution in [2.45, 2.75) is 63.2 Å². The molecule has 0 unspecified atom stereocenters. The number of benzene rings is 1. The SMILES string of the molecule is CN1CCc2nc(C(=O)N[C@@H]3C[C@@H](C(=O)NC4CC4)CC[C@@H]3NC(=O)c3cc4cc(Cl)ccc4[nH]3)sc2C1.Cl. The molecule has 3 heterocycles. The molecule has 3 aliphatic rings. The van der Waals surface area contributed by atoms with Crippen LogP contribution in [0.4, 0.5) is 0 Å². The lowest BCUT2D eigenvalue weighted by Crippen LogP contribution is -2.56. The van der Waals surface area contributed by atoms with Gasteiger partial charge < -0.3 is 25.8 Å². The van der Waals surface area contributed by atoms with Gasteiger partial charge in [-0.05, 0) is 63.4 Å². The second kappa shape index (κ2) is 11.4. The maximum absolute atomic E-state index is 13.3. The van der Waals surface area contributed by atoms with E-state index in [1.165, 1.54) is 11.3 Å². The van der Waals surface area contributed by atoms with Crippen LogP contribution >= 0.6 is 35.3 Å². The molecule has 0 saturated heterocycles. The predicted molar refractivity (Wildman–Crippen MR) is 154 cm³/mol. The molecule has 3 amide bonds. The van der Waals surface area contributed by atoms with E-state index < -0.39 is 6.04 Å². The number of thiazole rings is 1. The van der Waals surface area contributed by atoms with Crippen LogP contribution in [0.25, 0.3) is 10.9 Å². The highest BCUT2D eigenvalue weighted by Crippen LogP contribution is 2.29. The first-order valence-corrected chi connectivity index (χ1v) is 14.4. The van der Waals surface area contributed by atoms with Crippen LogP contribution in [-0.4, -0.2) is 64.3 Å². The van der Waals surface area contributed by atoms with Crippen LogP contribution in [0.3, 0.4) is 0 Å². The number of aromatic nitrogens is 2. The number of carbonyl (C=O) groups is 3. The molecular weight excluding hydrogens is 559 g/mol. The zero-order valence-electron chi connectivity index (χ0n) is 21.6. The Labute approximate surface area is 241 Å². The molecule has 0 bridgehead atoms. The first-order chi connectivity index (χ1) is 18.3. The van der Waals surface area contributed by atoms with Crippen molar-refractivity contribution >= 4 is 64.0 Å². The van der Waals surface area contributed by atoms with E-state index in [2.05, 4.69) is 37.9 Å². The summed E-state index contributed by atoms with van der Waals surface area (Å²) in [6, 6.07) is 6.77. The Hall–Kier alpha value is -2.66. The largest absolute Gasteiger partial charge is 0.353 e. The molecule has 0 radical (unpaired) electrons. The number of nitrogens with zero attached hydrogens (tertiary/aromatic N) is 2. The van der Waals surface area contributed by atoms with Gasteiger partial charge in [0.1, 0.15) is 5.69 Å². The van der Waals surface area contributed by atoms with Gasteiger partial charge in [-0.2, -0.15) is 0 Å². The fraction of sp³-hybridized carbons (Fsp3) is 0.481. The molecule has 1 aromatic carbocycles. The molecule has 3 aromatic rings. The van der Waals surface area contributed by atoms with Crippen molar-refractivity contribution in [3.8, 4) is 0 Å². The number of H-pyrrole nitrogens is 1. The van der Waals surface area contributed by atoms with E-state index in [1.807, 2.05) is 12.1 Å². The highest BCUT2D eigenvalue weighted by Gasteiger charge is 2.38. The number of rotatable bonds is 6. The van der Waals surface area contributed by atoms with Crippen molar-refractivity contribution in [3.05, 3.63) is 50.6 Å². The van der Waals surface area contributed by atoms with Crippen LogP contribution in [0, 0.1) is 5.92 Å². The van der Waals surface area contributed by atoms with Crippen LogP contribution in [0.1, 0.15) is 63.0 Å². The minimum Gasteiger partial charge on any atom is -0.353 e. The molecule has 4 N–H and O–H groups in total. The summed E-state index contributed by atoms with van der Waals surface area (Å²) in [6.45, 7) is 1.72. The Morgan fingerprint density at radius 3 is 2.64 bits per heavy atom. The number of fused-ring (bicyclic) bond motifs is 2. The van der Waals surface area contributed by atoms with Gasteiger partial charge in [-0.1, -0.05) is 11.6 Å². The number of carbonyl (C=O) groups excluding carboxylic acids is 3. The summed E-state index contributed by atoms with van der Waals surface area (Å²) in [5.41, 5.74) is 2.24. The van der Waals surface area contributed by atoms with E-state index in [1.54, 1.807) is 12.1 Å². The van der Waals surface area contributed by atoms with Crippen molar-refractivity contribution < 1.29 is 14.4 Å². The number of likely N-dealkylation sites (N-methyl/N-ethyl adjacent to an activating group) is 1. The maximum atomic E-state index is 13.3. The molecule has 208 valence electrons. The van der Waals surface area contributed by atoms with E-state index in [9.17, 15) is 14.4 Å². The number of aromatic amines is 1. The highest BCUT2D eigenvalue weighted by molar-refractivity contribution is 7.13. The summed E-state index contributed by atoms with van der Waals surface area (Å²) in [6.07, 6.45) is 4.58. The topological polar surface area (TPSA) is 119 Å². The lowest BCUT2D eigenvalue weighted by atomic mass is 9.81. The minimum absolute atomic E-state index is 0. The van der Waals surface area contributed by atoms with Crippen LogP contribution in [0.2, 0.25) is 5.02 Å². The Morgan fingerprint density at radius 2 is 1.85 bits per heavy atom. The van der Waals surface area contributed by atoms with E-state index in [-0.39, 0.29) is 48.1 Å². The summed E-state index contributed by atoms with van der Waals surface area (Å²) < 4.78 is 0. The van der Waals surface area contributed by atoms with Crippen molar-refractivity contribution in [3.63, 3.8) is 0 Å². The second-order valence-electron chi connectivity index (χ2n) is 10.7. The summed E-state index contributed by atoms with van der Waals surface area (Å²) in [5, 5.41) is 11.2. The van der Waals surface area contributed by atoms with Gasteiger partial charge in [0.2, 0.25) is 5.91 Å². The Morgan fingerprint density at radius 1 is 1.05 bits per heavy atom. The van der Waals surface area contributed by atoms with Gasteiger partial charge in [0.05, 0.1) is 11.7 Å². The molecule has 12 heteroatoms. The highest BCUT2D eigenvalue weighted by atomic mass is 35.5. The third kappa shape index (κ3) is 6.24. The van der Waals surface area contributed by atoms with Crippen LogP contribution < -0.4 is 16.0 Å². The number of hydrogen-bond donors (Lipinski definition) is 4. The van der Waals surface area contributed by atoms with E-state index in [0.29, 0.717) is 35.0 Å². The molecule has 39 heavy (non-hydrogen) atoms. The van der Waals surface area contributed by atoms with Gasteiger partial charge in [0, 0.05) is 58.3 Å². The zero-order chi connectivity index (χ0) is 26.4. The van der Waals surface area contributed by atoms with Crippen LogP contribution in [0.5, 0.6) is 0 Å². The van der Waals surface area contributed by atoms with Gasteiger partial charge in [0.15, 0.2) is 5.01 Å². The number of amides is 3. The number of halogens is 2. The van der Waals surface area contributed by atoms with E-state index >= 15 is 0 Å². The fourth-order valence-electron chi connectivity index (χ4n) is 5.41. The van der Waals surface area contributed by atoms with Gasteiger partial charge in [-0.3, -0.25) is 14.4 Å². The third-order valence-electron chi connectivity index (χ3n) is 7.72. The Kier molecular flexibility index (Phi) is 8.19. The minimum atomic E-state index is -0.391. The zero-order valence-corrected chi connectivity index (χ0v) is 24.0. The molecule has 2 aromatic heterocycles. The molecule has 2 fully saturated rings.